The zero-order valence-corrected chi connectivity index (χ0v) is 12.3. The second-order valence-corrected chi connectivity index (χ2v) is 6.11. The molecule has 1 saturated heterocycles. The van der Waals surface area contributed by atoms with E-state index >= 15 is 0 Å². The van der Waals surface area contributed by atoms with Crippen molar-refractivity contribution in [1.29, 1.82) is 5.26 Å². The van der Waals surface area contributed by atoms with E-state index in [0.717, 1.165) is 25.2 Å². The number of hydrogen-bond donors (Lipinski definition) is 0. The summed E-state index contributed by atoms with van der Waals surface area (Å²) in [5.41, 5.74) is 1.74. The van der Waals surface area contributed by atoms with Gasteiger partial charge in [0.2, 0.25) is 0 Å². The van der Waals surface area contributed by atoms with Crippen LogP contribution in [0.15, 0.2) is 36.5 Å². The van der Waals surface area contributed by atoms with Crippen molar-refractivity contribution in [3.63, 3.8) is 0 Å². The lowest BCUT2D eigenvalue weighted by Crippen LogP contribution is -2.24. The Balaban J connectivity index is 1.56. The third-order valence-electron chi connectivity index (χ3n) is 4.53. The van der Waals surface area contributed by atoms with Crippen LogP contribution >= 0.6 is 0 Å². The van der Waals surface area contributed by atoms with Crippen molar-refractivity contribution in [3.05, 3.63) is 53.6 Å². The number of aromatic nitrogens is 2. The highest BCUT2D eigenvalue weighted by molar-refractivity contribution is 5.55. The summed E-state index contributed by atoms with van der Waals surface area (Å²) in [6, 6.07) is 10.1. The number of nitrogens with zero attached hydrogens (tertiary/aromatic N) is 4. The number of benzene rings is 1. The number of halogens is 1. The summed E-state index contributed by atoms with van der Waals surface area (Å²) in [6.07, 6.45) is 2.69. The Labute approximate surface area is 133 Å². The van der Waals surface area contributed by atoms with E-state index in [0.29, 0.717) is 17.2 Å². The second kappa shape index (κ2) is 5.07. The topological polar surface area (TPSA) is 52.8 Å². The quantitative estimate of drug-likeness (QED) is 0.759. The largest absolute Gasteiger partial charge is 0.370 e. The molecule has 1 saturated carbocycles. The molecular weight excluding hydrogens is 291 g/mol. The molecule has 4 rings (SSSR count). The minimum absolute atomic E-state index is 0.0311. The van der Waals surface area contributed by atoms with Crippen LogP contribution in [0.4, 0.5) is 10.1 Å². The van der Waals surface area contributed by atoms with Crippen LogP contribution in [-0.2, 0) is 0 Å². The molecule has 1 aliphatic heterocycles. The van der Waals surface area contributed by atoms with Gasteiger partial charge in [0, 0.05) is 25.0 Å². The number of rotatable bonds is 1. The van der Waals surface area contributed by atoms with Crippen molar-refractivity contribution in [2.24, 2.45) is 11.3 Å². The molecule has 2 unspecified atom stereocenters. The normalized spacial score (nSPS) is 24.3. The van der Waals surface area contributed by atoms with Crippen molar-refractivity contribution in [2.75, 3.05) is 18.0 Å². The van der Waals surface area contributed by atoms with Crippen LogP contribution in [0.1, 0.15) is 17.7 Å². The van der Waals surface area contributed by atoms with Gasteiger partial charge in [0.1, 0.15) is 11.5 Å². The van der Waals surface area contributed by atoms with Gasteiger partial charge < -0.3 is 4.90 Å². The zero-order valence-electron chi connectivity index (χ0n) is 12.3. The van der Waals surface area contributed by atoms with Crippen molar-refractivity contribution in [2.45, 2.75) is 6.42 Å². The van der Waals surface area contributed by atoms with Crippen LogP contribution < -0.4 is 4.90 Å². The van der Waals surface area contributed by atoms with E-state index in [9.17, 15) is 4.39 Å². The van der Waals surface area contributed by atoms with Gasteiger partial charge in [0.25, 0.3) is 0 Å². The Bertz CT molecular complexity index is 862. The molecule has 1 aromatic heterocycles. The Morgan fingerprint density at radius 2 is 2.26 bits per heavy atom. The summed E-state index contributed by atoms with van der Waals surface area (Å²) in [5.74, 6) is 6.56. The first-order valence-corrected chi connectivity index (χ1v) is 7.45. The lowest BCUT2D eigenvalue weighted by molar-refractivity contribution is 0.625. The predicted molar refractivity (Wildman–Crippen MR) is 82.8 cm³/mol. The third-order valence-corrected chi connectivity index (χ3v) is 4.53. The first kappa shape index (κ1) is 13.7. The fraction of sp³-hybridized carbons (Fsp3) is 0.278. The molecule has 2 aromatic rings. The maximum atomic E-state index is 13.6. The van der Waals surface area contributed by atoms with Crippen LogP contribution in [0.2, 0.25) is 0 Å². The SMILES string of the molecule is N#Cc1cc(F)cc(N2CC3CC3(C#Cc3cccnn3)C2)c1. The van der Waals surface area contributed by atoms with E-state index < -0.39 is 0 Å². The molecule has 2 fully saturated rings. The van der Waals surface area contributed by atoms with Crippen LogP contribution in [0.3, 0.4) is 0 Å². The van der Waals surface area contributed by atoms with Crippen LogP contribution in [-0.4, -0.2) is 23.3 Å². The molecule has 5 heteroatoms. The predicted octanol–water partition coefficient (Wildman–Crippen LogP) is 2.37. The average molecular weight is 304 g/mol. The van der Waals surface area contributed by atoms with Crippen molar-refractivity contribution >= 4 is 5.69 Å². The second-order valence-electron chi connectivity index (χ2n) is 6.11. The van der Waals surface area contributed by atoms with Gasteiger partial charge in [-0.05, 0) is 48.6 Å². The molecule has 4 nitrogen and oxygen atoms in total. The van der Waals surface area contributed by atoms with Gasteiger partial charge in [-0.2, -0.15) is 10.4 Å². The molecule has 2 heterocycles. The van der Waals surface area contributed by atoms with Gasteiger partial charge in [-0.1, -0.05) is 5.92 Å². The molecule has 0 N–H and O–H groups in total. The highest BCUT2D eigenvalue weighted by atomic mass is 19.1. The van der Waals surface area contributed by atoms with E-state index in [1.165, 1.54) is 12.1 Å². The monoisotopic (exact) mass is 304 g/mol. The van der Waals surface area contributed by atoms with Crippen molar-refractivity contribution < 1.29 is 4.39 Å². The molecule has 23 heavy (non-hydrogen) atoms. The van der Waals surface area contributed by atoms with Crippen LogP contribution in [0.5, 0.6) is 0 Å². The first-order chi connectivity index (χ1) is 11.2. The smallest absolute Gasteiger partial charge is 0.135 e. The molecule has 1 aromatic carbocycles. The van der Waals surface area contributed by atoms with Gasteiger partial charge in [0.05, 0.1) is 17.0 Å². The lowest BCUT2D eigenvalue weighted by Gasteiger charge is -2.21. The summed E-state index contributed by atoms with van der Waals surface area (Å²) in [7, 11) is 0. The van der Waals surface area contributed by atoms with E-state index in [1.807, 2.05) is 18.2 Å². The van der Waals surface area contributed by atoms with E-state index in [1.54, 1.807) is 12.3 Å². The number of nitriles is 1. The Morgan fingerprint density at radius 1 is 1.35 bits per heavy atom. The fourth-order valence-corrected chi connectivity index (χ4v) is 3.25. The number of fused-ring (bicyclic) bond motifs is 1. The summed E-state index contributed by atoms with van der Waals surface area (Å²) < 4.78 is 13.6. The fourth-order valence-electron chi connectivity index (χ4n) is 3.25. The molecule has 0 bridgehead atoms. The van der Waals surface area contributed by atoms with Gasteiger partial charge >= 0.3 is 0 Å². The van der Waals surface area contributed by atoms with Gasteiger partial charge in [-0.25, -0.2) is 4.39 Å². The number of piperidine rings is 1. The average Bonchev–Trinajstić information content (AvgIpc) is 3.14. The maximum absolute atomic E-state index is 13.6. The zero-order chi connectivity index (χ0) is 15.9. The molecule has 0 amide bonds. The molecule has 1 aliphatic carbocycles. The van der Waals surface area contributed by atoms with Crippen molar-refractivity contribution in [1.82, 2.24) is 10.2 Å². The van der Waals surface area contributed by atoms with Crippen LogP contribution in [0, 0.1) is 40.3 Å². The highest BCUT2D eigenvalue weighted by Gasteiger charge is 2.59. The highest BCUT2D eigenvalue weighted by Crippen LogP contribution is 2.58. The number of hydrogen-bond acceptors (Lipinski definition) is 4. The maximum Gasteiger partial charge on any atom is 0.135 e. The Morgan fingerprint density at radius 3 is 3.04 bits per heavy atom. The van der Waals surface area contributed by atoms with E-state index in [-0.39, 0.29) is 11.2 Å². The third kappa shape index (κ3) is 2.51. The van der Waals surface area contributed by atoms with E-state index in [2.05, 4.69) is 26.9 Å². The van der Waals surface area contributed by atoms with Crippen molar-refractivity contribution in [3.8, 4) is 17.9 Å². The summed E-state index contributed by atoms with van der Waals surface area (Å²) in [4.78, 5) is 2.11. The standard InChI is InChI=1S/C18H13FN4/c19-15-6-13(10-20)7-17(8-15)23-11-14-9-18(14,12-23)4-3-16-2-1-5-21-22-16/h1-2,5-8,14H,9,11-12H2. The molecule has 2 aliphatic rings. The molecule has 2 atom stereocenters. The first-order valence-electron chi connectivity index (χ1n) is 7.45. The summed E-state index contributed by atoms with van der Waals surface area (Å²) >= 11 is 0. The molecule has 0 radical (unpaired) electrons. The van der Waals surface area contributed by atoms with E-state index in [4.69, 9.17) is 5.26 Å². The Hall–Kier alpha value is -2.92. The minimum atomic E-state index is -0.376. The number of anilines is 1. The molecular formula is C18H13FN4. The van der Waals surface area contributed by atoms with Gasteiger partial charge in [0.15, 0.2) is 0 Å². The van der Waals surface area contributed by atoms with Gasteiger partial charge in [-0.15, -0.1) is 5.10 Å². The summed E-state index contributed by atoms with van der Waals surface area (Å²) in [5, 5.41) is 16.8. The lowest BCUT2D eigenvalue weighted by atomic mass is 10.1. The molecule has 0 spiro atoms. The van der Waals surface area contributed by atoms with Gasteiger partial charge in [-0.3, -0.25) is 0 Å². The van der Waals surface area contributed by atoms with Crippen LogP contribution in [0.25, 0.3) is 0 Å². The summed E-state index contributed by atoms with van der Waals surface area (Å²) in [6.45, 7) is 1.61. The molecule has 112 valence electrons. The minimum Gasteiger partial charge on any atom is -0.370 e. The Kier molecular flexibility index (Phi) is 3.02.